The number of nitrogens with one attached hydrogen (secondary N) is 1. The zero-order valence-corrected chi connectivity index (χ0v) is 5.78. The molecule has 1 atom stereocenters. The van der Waals surface area contributed by atoms with Gasteiger partial charge in [-0.3, -0.25) is 4.99 Å². The molecule has 1 saturated heterocycles. The lowest BCUT2D eigenvalue weighted by Crippen LogP contribution is -2.25. The standard InChI is InChI=1S/C7H12N2/c1-8-6-5-7(6)3-2-4-9-7/h9H,2-5H2,1H3. The minimum Gasteiger partial charge on any atom is -0.306 e. The maximum absolute atomic E-state index is 4.19. The number of nitrogens with zero attached hydrogens (tertiary/aromatic N) is 1. The van der Waals surface area contributed by atoms with Crippen LogP contribution >= 0.6 is 0 Å². The van der Waals surface area contributed by atoms with Gasteiger partial charge in [0.2, 0.25) is 0 Å². The summed E-state index contributed by atoms with van der Waals surface area (Å²) in [5, 5.41) is 3.48. The first kappa shape index (κ1) is 5.42. The van der Waals surface area contributed by atoms with Crippen LogP contribution in [0, 0.1) is 0 Å². The van der Waals surface area contributed by atoms with Gasteiger partial charge in [-0.15, -0.1) is 0 Å². The Bertz CT molecular complexity index is 154. The minimum absolute atomic E-state index is 0.411. The van der Waals surface area contributed by atoms with E-state index in [4.69, 9.17) is 0 Å². The summed E-state index contributed by atoms with van der Waals surface area (Å²) in [4.78, 5) is 4.19. The van der Waals surface area contributed by atoms with Crippen molar-refractivity contribution in [3.05, 3.63) is 0 Å². The first-order valence-corrected chi connectivity index (χ1v) is 3.59. The molecular weight excluding hydrogens is 112 g/mol. The van der Waals surface area contributed by atoms with E-state index in [1.165, 1.54) is 31.5 Å². The summed E-state index contributed by atoms with van der Waals surface area (Å²) in [6, 6.07) is 0. The van der Waals surface area contributed by atoms with Crippen LogP contribution in [0.25, 0.3) is 0 Å². The zero-order valence-electron chi connectivity index (χ0n) is 5.78. The largest absolute Gasteiger partial charge is 0.306 e. The van der Waals surface area contributed by atoms with Gasteiger partial charge in [0, 0.05) is 19.2 Å². The van der Waals surface area contributed by atoms with Crippen LogP contribution in [-0.2, 0) is 0 Å². The third kappa shape index (κ3) is 0.628. The fourth-order valence-corrected chi connectivity index (χ4v) is 1.74. The van der Waals surface area contributed by atoms with Crippen LogP contribution in [0.4, 0.5) is 0 Å². The van der Waals surface area contributed by atoms with Crippen molar-refractivity contribution in [1.29, 1.82) is 0 Å². The molecule has 2 heteroatoms. The first-order chi connectivity index (χ1) is 4.37. The summed E-state index contributed by atoms with van der Waals surface area (Å²) < 4.78 is 0. The smallest absolute Gasteiger partial charge is 0.0618 e. The molecule has 0 bridgehead atoms. The van der Waals surface area contributed by atoms with E-state index in [1.807, 2.05) is 7.05 Å². The molecule has 1 saturated carbocycles. The molecule has 1 N–H and O–H groups in total. The monoisotopic (exact) mass is 124 g/mol. The van der Waals surface area contributed by atoms with Crippen molar-refractivity contribution in [3.63, 3.8) is 0 Å². The third-order valence-electron chi connectivity index (χ3n) is 2.41. The second kappa shape index (κ2) is 1.57. The fraction of sp³-hybridized carbons (Fsp3) is 0.857. The molecule has 1 aliphatic carbocycles. The number of aliphatic imine (C=N–C) groups is 1. The highest BCUT2D eigenvalue weighted by atomic mass is 15.1. The van der Waals surface area contributed by atoms with Gasteiger partial charge in [0.25, 0.3) is 0 Å². The van der Waals surface area contributed by atoms with E-state index in [9.17, 15) is 0 Å². The van der Waals surface area contributed by atoms with Crippen LogP contribution in [0.15, 0.2) is 4.99 Å². The van der Waals surface area contributed by atoms with E-state index in [2.05, 4.69) is 10.3 Å². The van der Waals surface area contributed by atoms with E-state index in [-0.39, 0.29) is 0 Å². The van der Waals surface area contributed by atoms with Crippen LogP contribution in [0.3, 0.4) is 0 Å². The Hall–Kier alpha value is -0.370. The maximum atomic E-state index is 4.19. The van der Waals surface area contributed by atoms with E-state index in [0.29, 0.717) is 5.54 Å². The molecule has 0 aromatic rings. The Morgan fingerprint density at radius 2 is 2.56 bits per heavy atom. The summed E-state index contributed by atoms with van der Waals surface area (Å²) in [6.07, 6.45) is 3.86. The molecule has 0 aromatic heterocycles. The van der Waals surface area contributed by atoms with Crippen LogP contribution < -0.4 is 5.32 Å². The first-order valence-electron chi connectivity index (χ1n) is 3.59. The van der Waals surface area contributed by atoms with Gasteiger partial charge in [0.1, 0.15) is 0 Å². The molecular formula is C7H12N2. The van der Waals surface area contributed by atoms with Crippen LogP contribution in [-0.4, -0.2) is 24.8 Å². The molecule has 0 aromatic carbocycles. The highest BCUT2D eigenvalue weighted by molar-refractivity contribution is 6.09. The SMILES string of the molecule is CN=C1CC12CCCN2. The fourth-order valence-electron chi connectivity index (χ4n) is 1.74. The topological polar surface area (TPSA) is 24.4 Å². The molecule has 9 heavy (non-hydrogen) atoms. The molecule has 2 nitrogen and oxygen atoms in total. The van der Waals surface area contributed by atoms with E-state index in [0.717, 1.165) is 0 Å². The lowest BCUT2D eigenvalue weighted by atomic mass is 10.2. The minimum atomic E-state index is 0.411. The summed E-state index contributed by atoms with van der Waals surface area (Å²) in [5.41, 5.74) is 1.80. The predicted molar refractivity (Wildman–Crippen MR) is 37.9 cm³/mol. The summed E-state index contributed by atoms with van der Waals surface area (Å²) >= 11 is 0. The zero-order chi connectivity index (χ0) is 6.32. The van der Waals surface area contributed by atoms with Crippen molar-refractivity contribution >= 4 is 5.71 Å². The molecule has 2 aliphatic rings. The lowest BCUT2D eigenvalue weighted by molar-refractivity contribution is 0.641. The molecule has 50 valence electrons. The second-order valence-corrected chi connectivity index (χ2v) is 2.96. The van der Waals surface area contributed by atoms with Gasteiger partial charge in [0.05, 0.1) is 5.54 Å². The number of hydrogen-bond donors (Lipinski definition) is 1. The van der Waals surface area contributed by atoms with Crippen molar-refractivity contribution in [2.24, 2.45) is 4.99 Å². The third-order valence-corrected chi connectivity index (χ3v) is 2.41. The van der Waals surface area contributed by atoms with Crippen LogP contribution in [0.1, 0.15) is 19.3 Å². The van der Waals surface area contributed by atoms with Crippen LogP contribution in [0.2, 0.25) is 0 Å². The van der Waals surface area contributed by atoms with Crippen molar-refractivity contribution in [2.45, 2.75) is 24.8 Å². The van der Waals surface area contributed by atoms with Gasteiger partial charge in [0.15, 0.2) is 0 Å². The maximum Gasteiger partial charge on any atom is 0.0618 e. The second-order valence-electron chi connectivity index (χ2n) is 2.96. The molecule has 1 heterocycles. The van der Waals surface area contributed by atoms with Crippen molar-refractivity contribution in [1.82, 2.24) is 5.32 Å². The van der Waals surface area contributed by atoms with Crippen molar-refractivity contribution in [3.8, 4) is 0 Å². The van der Waals surface area contributed by atoms with Crippen LogP contribution in [0.5, 0.6) is 0 Å². The van der Waals surface area contributed by atoms with Gasteiger partial charge in [-0.25, -0.2) is 0 Å². The average molecular weight is 124 g/mol. The Morgan fingerprint density at radius 3 is 3.00 bits per heavy atom. The Kier molecular flexibility index (Phi) is 0.943. The number of rotatable bonds is 0. The molecule has 0 amide bonds. The van der Waals surface area contributed by atoms with Crippen molar-refractivity contribution < 1.29 is 0 Å². The van der Waals surface area contributed by atoms with Gasteiger partial charge in [-0.1, -0.05) is 0 Å². The number of hydrogen-bond acceptors (Lipinski definition) is 2. The molecule has 2 fully saturated rings. The summed E-state index contributed by atoms with van der Waals surface area (Å²) in [7, 11) is 1.89. The molecule has 0 radical (unpaired) electrons. The lowest BCUT2D eigenvalue weighted by Gasteiger charge is -2.01. The molecule has 1 aliphatic heterocycles. The van der Waals surface area contributed by atoms with Gasteiger partial charge >= 0.3 is 0 Å². The normalized spacial score (nSPS) is 44.8. The van der Waals surface area contributed by atoms with E-state index >= 15 is 0 Å². The quantitative estimate of drug-likeness (QED) is 0.502. The Labute approximate surface area is 55.4 Å². The van der Waals surface area contributed by atoms with Gasteiger partial charge in [-0.05, 0) is 19.4 Å². The highest BCUT2D eigenvalue weighted by Gasteiger charge is 2.51. The highest BCUT2D eigenvalue weighted by Crippen LogP contribution is 2.39. The van der Waals surface area contributed by atoms with E-state index in [1.54, 1.807) is 0 Å². The predicted octanol–water partition coefficient (Wildman–Crippen LogP) is 0.583. The molecule has 2 rings (SSSR count). The van der Waals surface area contributed by atoms with E-state index < -0.39 is 0 Å². The Balaban J connectivity index is 2.13. The molecule has 1 spiro atoms. The van der Waals surface area contributed by atoms with Crippen molar-refractivity contribution in [2.75, 3.05) is 13.6 Å². The molecule has 1 unspecified atom stereocenters. The average Bonchev–Trinajstić information content (AvgIpc) is 2.30. The van der Waals surface area contributed by atoms with Gasteiger partial charge in [-0.2, -0.15) is 0 Å². The Morgan fingerprint density at radius 1 is 1.67 bits per heavy atom. The summed E-state index contributed by atoms with van der Waals surface area (Å²) in [6.45, 7) is 1.19. The van der Waals surface area contributed by atoms with Gasteiger partial charge < -0.3 is 5.32 Å². The summed E-state index contributed by atoms with van der Waals surface area (Å²) in [5.74, 6) is 0.